The van der Waals surface area contributed by atoms with Gasteiger partial charge in [0, 0.05) is 11.9 Å². The monoisotopic (exact) mass is 289 g/mol. The molecule has 2 aromatic rings. The van der Waals surface area contributed by atoms with Gasteiger partial charge in [-0.1, -0.05) is 12.1 Å². The largest absolute Gasteiger partial charge is 0.308 e. The molecule has 0 aliphatic carbocycles. The molecule has 0 spiro atoms. The molecule has 3 nitrogen and oxygen atoms in total. The maximum atomic E-state index is 4.54. The summed E-state index contributed by atoms with van der Waals surface area (Å²) in [5, 5.41) is 5.80. The number of nitrogens with zero attached hydrogens (tertiary/aromatic N) is 3. The van der Waals surface area contributed by atoms with E-state index in [-0.39, 0.29) is 0 Å². The van der Waals surface area contributed by atoms with E-state index in [4.69, 9.17) is 0 Å². The SMILES string of the molecule is CN(C)CCn1ncc2ccc(C3CCSCC3)cc21. The molecule has 2 heterocycles. The molecule has 0 amide bonds. The van der Waals surface area contributed by atoms with E-state index >= 15 is 0 Å². The van der Waals surface area contributed by atoms with Crippen LogP contribution in [-0.4, -0.2) is 46.8 Å². The molecular formula is C16H23N3S. The lowest BCUT2D eigenvalue weighted by molar-refractivity contribution is 0.377. The van der Waals surface area contributed by atoms with Crippen LogP contribution in [0.3, 0.4) is 0 Å². The third-order valence-corrected chi connectivity index (χ3v) is 5.17. The third-order valence-electron chi connectivity index (χ3n) is 4.12. The number of likely N-dealkylation sites (N-methyl/N-ethyl adjacent to an activating group) is 1. The minimum Gasteiger partial charge on any atom is -0.308 e. The smallest absolute Gasteiger partial charge is 0.0685 e. The van der Waals surface area contributed by atoms with Gasteiger partial charge in [-0.25, -0.2) is 0 Å². The van der Waals surface area contributed by atoms with Gasteiger partial charge in [-0.15, -0.1) is 0 Å². The molecule has 108 valence electrons. The van der Waals surface area contributed by atoms with E-state index in [1.54, 1.807) is 0 Å². The second-order valence-corrected chi connectivity index (χ2v) is 7.10. The molecule has 1 aliphatic heterocycles. The number of rotatable bonds is 4. The van der Waals surface area contributed by atoms with Crippen LogP contribution in [0.15, 0.2) is 24.4 Å². The summed E-state index contributed by atoms with van der Waals surface area (Å²) in [6.07, 6.45) is 4.63. The van der Waals surface area contributed by atoms with E-state index in [9.17, 15) is 0 Å². The van der Waals surface area contributed by atoms with Gasteiger partial charge in [0.25, 0.3) is 0 Å². The molecule has 0 bridgehead atoms. The predicted octanol–water partition coefficient (Wildman–Crippen LogP) is 3.21. The lowest BCUT2D eigenvalue weighted by Gasteiger charge is -2.21. The highest BCUT2D eigenvalue weighted by Gasteiger charge is 2.16. The van der Waals surface area contributed by atoms with Crippen LogP contribution in [0.25, 0.3) is 10.9 Å². The first-order chi connectivity index (χ1) is 9.74. The summed E-state index contributed by atoms with van der Waals surface area (Å²) in [7, 11) is 4.22. The van der Waals surface area contributed by atoms with E-state index in [1.165, 1.54) is 40.8 Å². The van der Waals surface area contributed by atoms with Gasteiger partial charge in [-0.2, -0.15) is 16.9 Å². The molecule has 0 N–H and O–H groups in total. The summed E-state index contributed by atoms with van der Waals surface area (Å²) in [5.74, 6) is 3.36. The van der Waals surface area contributed by atoms with Crippen LogP contribution < -0.4 is 0 Å². The van der Waals surface area contributed by atoms with Gasteiger partial charge in [0.15, 0.2) is 0 Å². The first-order valence-electron chi connectivity index (χ1n) is 7.42. The predicted molar refractivity (Wildman–Crippen MR) is 87.6 cm³/mol. The molecule has 0 atom stereocenters. The summed E-state index contributed by atoms with van der Waals surface area (Å²) < 4.78 is 2.15. The van der Waals surface area contributed by atoms with E-state index in [2.05, 4.69) is 58.7 Å². The number of aromatic nitrogens is 2. The van der Waals surface area contributed by atoms with Crippen LogP contribution >= 0.6 is 11.8 Å². The Morgan fingerprint density at radius 3 is 2.85 bits per heavy atom. The number of benzene rings is 1. The summed E-state index contributed by atoms with van der Waals surface area (Å²) in [5.41, 5.74) is 2.80. The van der Waals surface area contributed by atoms with Crippen molar-refractivity contribution >= 4 is 22.7 Å². The topological polar surface area (TPSA) is 21.1 Å². The number of thioether (sulfide) groups is 1. The van der Waals surface area contributed by atoms with E-state index in [0.29, 0.717) is 0 Å². The Balaban J connectivity index is 1.86. The highest BCUT2D eigenvalue weighted by molar-refractivity contribution is 7.99. The fraction of sp³-hybridized carbons (Fsp3) is 0.562. The van der Waals surface area contributed by atoms with Gasteiger partial charge in [0.1, 0.15) is 0 Å². The van der Waals surface area contributed by atoms with Crippen molar-refractivity contribution in [3.8, 4) is 0 Å². The molecule has 1 aliphatic rings. The Hall–Kier alpha value is -1.00. The first-order valence-corrected chi connectivity index (χ1v) is 8.57. The van der Waals surface area contributed by atoms with Crippen LogP contribution in [0.5, 0.6) is 0 Å². The quantitative estimate of drug-likeness (QED) is 0.862. The van der Waals surface area contributed by atoms with Gasteiger partial charge < -0.3 is 4.90 Å². The van der Waals surface area contributed by atoms with Crippen LogP contribution in [0, 0.1) is 0 Å². The summed E-state index contributed by atoms with van der Waals surface area (Å²) >= 11 is 2.09. The highest BCUT2D eigenvalue weighted by atomic mass is 32.2. The number of hydrogen-bond acceptors (Lipinski definition) is 3. The van der Waals surface area contributed by atoms with Crippen molar-refractivity contribution in [3.63, 3.8) is 0 Å². The average Bonchev–Trinajstić information content (AvgIpc) is 2.88. The lowest BCUT2D eigenvalue weighted by atomic mass is 9.93. The van der Waals surface area contributed by atoms with Crippen molar-refractivity contribution in [1.82, 2.24) is 14.7 Å². The minimum atomic E-state index is 0.748. The van der Waals surface area contributed by atoms with E-state index < -0.39 is 0 Å². The van der Waals surface area contributed by atoms with Gasteiger partial charge >= 0.3 is 0 Å². The first kappa shape index (κ1) is 14.0. The minimum absolute atomic E-state index is 0.748. The van der Waals surface area contributed by atoms with Crippen LogP contribution in [0.2, 0.25) is 0 Å². The van der Waals surface area contributed by atoms with Crippen LogP contribution in [0.1, 0.15) is 24.3 Å². The molecule has 0 unspecified atom stereocenters. The number of fused-ring (bicyclic) bond motifs is 1. The third kappa shape index (κ3) is 3.01. The van der Waals surface area contributed by atoms with Crippen molar-refractivity contribution in [1.29, 1.82) is 0 Å². The highest BCUT2D eigenvalue weighted by Crippen LogP contribution is 2.32. The van der Waals surface area contributed by atoms with Crippen molar-refractivity contribution < 1.29 is 0 Å². The molecule has 20 heavy (non-hydrogen) atoms. The van der Waals surface area contributed by atoms with Crippen molar-refractivity contribution in [2.45, 2.75) is 25.3 Å². The fourth-order valence-electron chi connectivity index (χ4n) is 2.85. The van der Waals surface area contributed by atoms with E-state index in [0.717, 1.165) is 19.0 Å². The van der Waals surface area contributed by atoms with Crippen LogP contribution in [-0.2, 0) is 6.54 Å². The Morgan fingerprint density at radius 2 is 2.10 bits per heavy atom. The van der Waals surface area contributed by atoms with Gasteiger partial charge in [-0.05, 0) is 56.0 Å². The molecule has 1 saturated heterocycles. The molecular weight excluding hydrogens is 266 g/mol. The van der Waals surface area contributed by atoms with Gasteiger partial charge in [0.2, 0.25) is 0 Å². The molecule has 3 rings (SSSR count). The van der Waals surface area contributed by atoms with Crippen molar-refractivity contribution in [3.05, 3.63) is 30.0 Å². The van der Waals surface area contributed by atoms with Gasteiger partial charge in [0.05, 0.1) is 18.3 Å². The van der Waals surface area contributed by atoms with E-state index in [1.807, 2.05) is 6.20 Å². The normalized spacial score (nSPS) is 17.1. The maximum Gasteiger partial charge on any atom is 0.0685 e. The van der Waals surface area contributed by atoms with Crippen molar-refractivity contribution in [2.75, 3.05) is 32.1 Å². The van der Waals surface area contributed by atoms with Gasteiger partial charge in [-0.3, -0.25) is 4.68 Å². The zero-order valence-corrected chi connectivity index (χ0v) is 13.2. The maximum absolute atomic E-state index is 4.54. The molecule has 0 saturated carbocycles. The Kier molecular flexibility index (Phi) is 4.32. The Morgan fingerprint density at radius 1 is 1.30 bits per heavy atom. The Labute approximate surface area is 125 Å². The molecule has 1 fully saturated rings. The fourth-order valence-corrected chi connectivity index (χ4v) is 3.95. The second-order valence-electron chi connectivity index (χ2n) is 5.88. The number of hydrogen-bond donors (Lipinski definition) is 0. The molecule has 1 aromatic carbocycles. The zero-order valence-electron chi connectivity index (χ0n) is 12.4. The second kappa shape index (κ2) is 6.19. The molecule has 1 aromatic heterocycles. The molecule has 4 heteroatoms. The van der Waals surface area contributed by atoms with Crippen molar-refractivity contribution in [2.24, 2.45) is 0 Å². The average molecular weight is 289 g/mol. The standard InChI is InChI=1S/C16H23N3S/c1-18(2)7-8-19-16-11-14(3-4-15(16)12-17-19)13-5-9-20-10-6-13/h3-4,11-13H,5-10H2,1-2H3. The lowest BCUT2D eigenvalue weighted by Crippen LogP contribution is -2.19. The molecule has 0 radical (unpaired) electrons. The summed E-state index contributed by atoms with van der Waals surface area (Å²) in [6.45, 7) is 1.99. The summed E-state index contributed by atoms with van der Waals surface area (Å²) in [6, 6.07) is 6.92. The van der Waals surface area contributed by atoms with Crippen LogP contribution in [0.4, 0.5) is 0 Å². The zero-order chi connectivity index (χ0) is 13.9. The Bertz CT molecular complexity index is 570. The summed E-state index contributed by atoms with van der Waals surface area (Å²) in [4.78, 5) is 2.20.